The molecule has 4 heteroatoms. The quantitative estimate of drug-likeness (QED) is 0.856. The van der Waals surface area contributed by atoms with Crippen LogP contribution in [0.15, 0.2) is 36.4 Å². The Hall–Kier alpha value is -2.07. The summed E-state index contributed by atoms with van der Waals surface area (Å²) < 4.78 is 2.26. The van der Waals surface area contributed by atoms with Gasteiger partial charge in [0.25, 0.3) is 5.91 Å². The highest BCUT2D eigenvalue weighted by molar-refractivity contribution is 5.95. The van der Waals surface area contributed by atoms with Crippen molar-refractivity contribution in [2.45, 2.75) is 39.3 Å². The van der Waals surface area contributed by atoms with Crippen molar-refractivity contribution in [2.24, 2.45) is 0 Å². The van der Waals surface area contributed by atoms with Crippen LogP contribution in [-0.4, -0.2) is 10.5 Å². The van der Waals surface area contributed by atoms with Crippen molar-refractivity contribution in [1.29, 1.82) is 0 Å². The Labute approximate surface area is 124 Å². The average molecular weight is 284 g/mol. The van der Waals surface area contributed by atoms with Crippen LogP contribution in [0, 0.1) is 13.8 Å². The van der Waals surface area contributed by atoms with E-state index in [1.807, 2.05) is 50.2 Å². The number of aryl methyl sites for hydroxylation is 1. The van der Waals surface area contributed by atoms with Crippen LogP contribution in [0.3, 0.4) is 0 Å². The standard InChI is InChI=1S/C17H20N2O2/c1-12-10-16(13(2)19(12)15-8-9-15)17(20)18-21-11-14-6-4-3-5-7-14/h3-7,10,15H,8-9,11H2,1-2H3,(H,18,20). The highest BCUT2D eigenvalue weighted by atomic mass is 16.6. The topological polar surface area (TPSA) is 43.3 Å². The number of hydrogen-bond donors (Lipinski definition) is 1. The molecular formula is C17H20N2O2. The minimum atomic E-state index is -0.175. The molecule has 21 heavy (non-hydrogen) atoms. The zero-order valence-electron chi connectivity index (χ0n) is 12.4. The maximum absolute atomic E-state index is 12.2. The zero-order chi connectivity index (χ0) is 14.8. The third-order valence-electron chi connectivity index (χ3n) is 3.89. The lowest BCUT2D eigenvalue weighted by atomic mass is 10.2. The molecule has 1 heterocycles. The van der Waals surface area contributed by atoms with Crippen molar-refractivity contribution < 1.29 is 9.63 Å². The van der Waals surface area contributed by atoms with Gasteiger partial charge in [0.15, 0.2) is 0 Å². The number of nitrogens with one attached hydrogen (secondary N) is 1. The second-order valence-electron chi connectivity index (χ2n) is 5.59. The third kappa shape index (κ3) is 3.00. The summed E-state index contributed by atoms with van der Waals surface area (Å²) in [6.07, 6.45) is 2.42. The minimum Gasteiger partial charge on any atom is -0.345 e. The molecule has 1 saturated carbocycles. The molecule has 1 N–H and O–H groups in total. The molecule has 3 rings (SSSR count). The van der Waals surface area contributed by atoms with E-state index in [4.69, 9.17) is 4.84 Å². The number of hydroxylamine groups is 1. The van der Waals surface area contributed by atoms with Crippen LogP contribution in [0.5, 0.6) is 0 Å². The van der Waals surface area contributed by atoms with Crippen LogP contribution in [0.2, 0.25) is 0 Å². The lowest BCUT2D eigenvalue weighted by Crippen LogP contribution is -2.24. The summed E-state index contributed by atoms with van der Waals surface area (Å²) in [7, 11) is 0. The lowest BCUT2D eigenvalue weighted by Gasteiger charge is -2.08. The molecule has 0 bridgehead atoms. The van der Waals surface area contributed by atoms with Gasteiger partial charge >= 0.3 is 0 Å². The van der Waals surface area contributed by atoms with Gasteiger partial charge in [-0.25, -0.2) is 5.48 Å². The molecule has 0 unspecified atom stereocenters. The number of carbonyl (C=O) groups excluding carboxylic acids is 1. The van der Waals surface area contributed by atoms with E-state index in [1.165, 1.54) is 12.8 Å². The van der Waals surface area contributed by atoms with Gasteiger partial charge in [-0.05, 0) is 38.3 Å². The molecule has 4 nitrogen and oxygen atoms in total. The highest BCUT2D eigenvalue weighted by Crippen LogP contribution is 2.38. The first-order valence-electron chi connectivity index (χ1n) is 7.31. The molecule has 1 aliphatic rings. The molecular weight excluding hydrogens is 264 g/mol. The van der Waals surface area contributed by atoms with Crippen LogP contribution in [-0.2, 0) is 11.4 Å². The first-order valence-corrected chi connectivity index (χ1v) is 7.31. The zero-order valence-corrected chi connectivity index (χ0v) is 12.4. The van der Waals surface area contributed by atoms with Crippen molar-refractivity contribution >= 4 is 5.91 Å². The van der Waals surface area contributed by atoms with E-state index < -0.39 is 0 Å². The number of rotatable bonds is 5. The Morgan fingerprint density at radius 1 is 1.29 bits per heavy atom. The molecule has 1 aromatic carbocycles. The summed E-state index contributed by atoms with van der Waals surface area (Å²) in [5.41, 5.74) is 6.43. The molecule has 0 radical (unpaired) electrons. The van der Waals surface area contributed by atoms with Gasteiger partial charge in [0.2, 0.25) is 0 Å². The summed E-state index contributed by atoms with van der Waals surface area (Å²) in [6.45, 7) is 4.41. The molecule has 0 aliphatic heterocycles. The molecule has 110 valence electrons. The summed E-state index contributed by atoms with van der Waals surface area (Å²) >= 11 is 0. The Kier molecular flexibility index (Phi) is 3.80. The third-order valence-corrected chi connectivity index (χ3v) is 3.89. The van der Waals surface area contributed by atoms with Crippen LogP contribution >= 0.6 is 0 Å². The number of amides is 1. The summed E-state index contributed by atoms with van der Waals surface area (Å²) in [5, 5.41) is 0. The molecule has 1 fully saturated rings. The predicted octanol–water partition coefficient (Wildman–Crippen LogP) is 3.30. The van der Waals surface area contributed by atoms with Gasteiger partial charge in [0.05, 0.1) is 12.2 Å². The number of aromatic nitrogens is 1. The van der Waals surface area contributed by atoms with Crippen molar-refractivity contribution in [3.8, 4) is 0 Å². The van der Waals surface area contributed by atoms with Gasteiger partial charge in [-0.1, -0.05) is 30.3 Å². The van der Waals surface area contributed by atoms with Crippen LogP contribution < -0.4 is 5.48 Å². The second-order valence-corrected chi connectivity index (χ2v) is 5.59. The Balaban J connectivity index is 1.62. The van der Waals surface area contributed by atoms with E-state index in [0.717, 1.165) is 17.0 Å². The minimum absolute atomic E-state index is 0.175. The van der Waals surface area contributed by atoms with Gasteiger partial charge in [-0.15, -0.1) is 0 Å². The lowest BCUT2D eigenvalue weighted by molar-refractivity contribution is 0.0233. The van der Waals surface area contributed by atoms with E-state index in [1.54, 1.807) is 0 Å². The number of benzene rings is 1. The molecule has 0 saturated heterocycles. The Bertz CT molecular complexity index is 642. The second kappa shape index (κ2) is 5.74. The van der Waals surface area contributed by atoms with Crippen LogP contribution in [0.25, 0.3) is 0 Å². The van der Waals surface area contributed by atoms with Crippen LogP contribution in [0.4, 0.5) is 0 Å². The van der Waals surface area contributed by atoms with Gasteiger partial charge in [-0.3, -0.25) is 9.63 Å². The first-order chi connectivity index (χ1) is 10.2. The largest absolute Gasteiger partial charge is 0.345 e. The van der Waals surface area contributed by atoms with E-state index in [-0.39, 0.29) is 5.91 Å². The normalized spacial score (nSPS) is 14.2. The van der Waals surface area contributed by atoms with Crippen molar-refractivity contribution in [3.63, 3.8) is 0 Å². The smallest absolute Gasteiger partial charge is 0.276 e. The van der Waals surface area contributed by atoms with Gasteiger partial charge in [-0.2, -0.15) is 0 Å². The van der Waals surface area contributed by atoms with Gasteiger partial charge in [0.1, 0.15) is 0 Å². The number of nitrogens with zero attached hydrogens (tertiary/aromatic N) is 1. The molecule has 0 atom stereocenters. The van der Waals surface area contributed by atoms with E-state index in [0.29, 0.717) is 18.2 Å². The maximum atomic E-state index is 12.2. The monoisotopic (exact) mass is 284 g/mol. The fourth-order valence-corrected chi connectivity index (χ4v) is 2.72. The van der Waals surface area contributed by atoms with E-state index >= 15 is 0 Å². The predicted molar refractivity (Wildman–Crippen MR) is 80.9 cm³/mol. The average Bonchev–Trinajstić information content (AvgIpc) is 3.26. The van der Waals surface area contributed by atoms with E-state index in [2.05, 4.69) is 10.0 Å². The summed E-state index contributed by atoms with van der Waals surface area (Å²) in [5.74, 6) is -0.175. The van der Waals surface area contributed by atoms with Crippen molar-refractivity contribution in [1.82, 2.24) is 10.0 Å². The number of carbonyl (C=O) groups is 1. The molecule has 1 amide bonds. The van der Waals surface area contributed by atoms with Gasteiger partial charge < -0.3 is 4.57 Å². The molecule has 2 aromatic rings. The van der Waals surface area contributed by atoms with Gasteiger partial charge in [0, 0.05) is 17.4 Å². The van der Waals surface area contributed by atoms with Crippen LogP contribution in [0.1, 0.15) is 46.2 Å². The molecule has 0 spiro atoms. The SMILES string of the molecule is Cc1cc(C(=O)NOCc2ccccc2)c(C)n1C1CC1. The highest BCUT2D eigenvalue weighted by Gasteiger charge is 2.28. The maximum Gasteiger partial charge on any atom is 0.276 e. The fourth-order valence-electron chi connectivity index (χ4n) is 2.72. The first kappa shape index (κ1) is 13.9. The fraction of sp³-hybridized carbons (Fsp3) is 0.353. The summed E-state index contributed by atoms with van der Waals surface area (Å²) in [4.78, 5) is 17.5. The Morgan fingerprint density at radius 2 is 2.00 bits per heavy atom. The van der Waals surface area contributed by atoms with Crippen molar-refractivity contribution in [3.05, 3.63) is 58.9 Å². The molecule has 1 aliphatic carbocycles. The molecule has 1 aromatic heterocycles. The van der Waals surface area contributed by atoms with E-state index in [9.17, 15) is 4.79 Å². The Morgan fingerprint density at radius 3 is 2.67 bits per heavy atom. The number of hydrogen-bond acceptors (Lipinski definition) is 2. The van der Waals surface area contributed by atoms with Crippen molar-refractivity contribution in [2.75, 3.05) is 0 Å². The summed E-state index contributed by atoms with van der Waals surface area (Å²) in [6, 6.07) is 12.3.